The van der Waals surface area contributed by atoms with Crippen LogP contribution in [-0.4, -0.2) is 22.2 Å². The number of rotatable bonds is 3. The summed E-state index contributed by atoms with van der Waals surface area (Å²) in [5.74, 6) is -1.79. The fraction of sp³-hybridized carbons (Fsp3) is 0.600. The molecule has 0 aromatic carbocycles. The van der Waals surface area contributed by atoms with Gasteiger partial charge in [0.2, 0.25) is 0 Å². The van der Waals surface area contributed by atoms with Crippen LogP contribution in [0.1, 0.15) is 19.3 Å². The van der Waals surface area contributed by atoms with Crippen LogP contribution >= 0.6 is 0 Å². The molecule has 0 radical (unpaired) electrons. The second kappa shape index (κ2) is 2.83. The highest BCUT2D eigenvalue weighted by molar-refractivity contribution is 5.82. The average Bonchev–Trinajstić information content (AvgIpc) is 2.61. The predicted octanol–water partition coefficient (Wildman–Crippen LogP) is 1.13. The number of hydrogen-bond acceptors (Lipinski definition) is 2. The van der Waals surface area contributed by atoms with Gasteiger partial charge >= 0.3 is 11.9 Å². The van der Waals surface area contributed by atoms with Gasteiger partial charge in [0, 0.05) is 0 Å². The van der Waals surface area contributed by atoms with Gasteiger partial charge in [-0.25, -0.2) is 0 Å². The van der Waals surface area contributed by atoms with E-state index in [4.69, 9.17) is 10.2 Å². The number of carbonyl (C=O) groups is 2. The molecule has 0 spiro atoms. The first-order chi connectivity index (χ1) is 6.54. The minimum atomic E-state index is -1.04. The number of allylic oxidation sites excluding steroid dienone is 2. The Morgan fingerprint density at radius 1 is 1.36 bits per heavy atom. The standard InChI is InChI=1S/C10H12O4/c11-8(12)5-10(9(13)14)4-6-1-2-7(10)3-6/h1-2,6-7H,3-5H2,(H,11,12)(H,13,14)/t6-,7+,10?/m1/s1. The van der Waals surface area contributed by atoms with Gasteiger partial charge in [0.1, 0.15) is 0 Å². The average molecular weight is 196 g/mol. The first kappa shape index (κ1) is 9.24. The summed E-state index contributed by atoms with van der Waals surface area (Å²) in [7, 11) is 0. The largest absolute Gasteiger partial charge is 0.481 e. The van der Waals surface area contributed by atoms with E-state index in [1.165, 1.54) is 0 Å². The SMILES string of the molecule is O=C(O)CC1(C(=O)O)C[C@@H]2C=C[C@H]1C2. The third-order valence-electron chi connectivity index (χ3n) is 3.40. The molecule has 2 N–H and O–H groups in total. The lowest BCUT2D eigenvalue weighted by Gasteiger charge is -2.29. The van der Waals surface area contributed by atoms with Crippen molar-refractivity contribution in [3.05, 3.63) is 12.2 Å². The summed E-state index contributed by atoms with van der Waals surface area (Å²) in [5.41, 5.74) is -1.04. The quantitative estimate of drug-likeness (QED) is 0.663. The van der Waals surface area contributed by atoms with Gasteiger partial charge in [0.05, 0.1) is 11.8 Å². The fourth-order valence-electron chi connectivity index (χ4n) is 2.75. The fourth-order valence-corrected chi connectivity index (χ4v) is 2.75. The highest BCUT2D eigenvalue weighted by atomic mass is 16.4. The van der Waals surface area contributed by atoms with Crippen molar-refractivity contribution in [2.75, 3.05) is 0 Å². The van der Waals surface area contributed by atoms with Crippen LogP contribution in [0.25, 0.3) is 0 Å². The molecule has 3 atom stereocenters. The predicted molar refractivity (Wildman–Crippen MR) is 47.7 cm³/mol. The lowest BCUT2D eigenvalue weighted by molar-refractivity contribution is -0.157. The van der Waals surface area contributed by atoms with E-state index < -0.39 is 17.4 Å². The Hall–Kier alpha value is -1.32. The molecule has 0 saturated heterocycles. The van der Waals surface area contributed by atoms with E-state index in [1.54, 1.807) is 0 Å². The van der Waals surface area contributed by atoms with Crippen LogP contribution in [-0.2, 0) is 9.59 Å². The number of carboxylic acids is 2. The molecule has 76 valence electrons. The van der Waals surface area contributed by atoms with Crippen LogP contribution in [0.2, 0.25) is 0 Å². The lowest BCUT2D eigenvalue weighted by Crippen LogP contribution is -2.37. The molecule has 0 aromatic rings. The van der Waals surface area contributed by atoms with E-state index in [1.807, 2.05) is 12.2 Å². The van der Waals surface area contributed by atoms with Crippen molar-refractivity contribution < 1.29 is 19.8 Å². The summed E-state index contributed by atoms with van der Waals surface area (Å²) >= 11 is 0. The molecular formula is C10H12O4. The molecule has 2 bridgehead atoms. The zero-order valence-electron chi connectivity index (χ0n) is 7.64. The van der Waals surface area contributed by atoms with Gasteiger partial charge in [0.15, 0.2) is 0 Å². The lowest BCUT2D eigenvalue weighted by atomic mass is 9.73. The van der Waals surface area contributed by atoms with Gasteiger partial charge in [-0.1, -0.05) is 12.2 Å². The van der Waals surface area contributed by atoms with E-state index in [0.717, 1.165) is 6.42 Å². The Kier molecular flexibility index (Phi) is 1.87. The van der Waals surface area contributed by atoms with Crippen LogP contribution in [0.5, 0.6) is 0 Å². The summed E-state index contributed by atoms with van der Waals surface area (Å²) in [4.78, 5) is 21.8. The van der Waals surface area contributed by atoms with Crippen LogP contribution in [0.4, 0.5) is 0 Å². The molecule has 1 fully saturated rings. The molecule has 1 saturated carbocycles. The molecule has 2 aliphatic rings. The van der Waals surface area contributed by atoms with Gasteiger partial charge in [-0.3, -0.25) is 9.59 Å². The monoisotopic (exact) mass is 196 g/mol. The summed E-state index contributed by atoms with van der Waals surface area (Å²) in [6.07, 6.45) is 4.90. The molecule has 0 amide bonds. The van der Waals surface area contributed by atoms with Crippen molar-refractivity contribution >= 4 is 11.9 Å². The van der Waals surface area contributed by atoms with Crippen molar-refractivity contribution in [3.8, 4) is 0 Å². The molecule has 0 aromatic heterocycles. The van der Waals surface area contributed by atoms with Crippen molar-refractivity contribution in [2.45, 2.75) is 19.3 Å². The summed E-state index contributed by atoms with van der Waals surface area (Å²) < 4.78 is 0. The van der Waals surface area contributed by atoms with Gasteiger partial charge in [-0.05, 0) is 24.7 Å². The Morgan fingerprint density at radius 2 is 2.07 bits per heavy atom. The van der Waals surface area contributed by atoms with Crippen molar-refractivity contribution in [1.82, 2.24) is 0 Å². The first-order valence-electron chi connectivity index (χ1n) is 4.68. The second-order valence-corrected chi connectivity index (χ2v) is 4.22. The van der Waals surface area contributed by atoms with Gasteiger partial charge < -0.3 is 10.2 Å². The molecule has 4 nitrogen and oxygen atoms in total. The van der Waals surface area contributed by atoms with Crippen LogP contribution in [0.3, 0.4) is 0 Å². The van der Waals surface area contributed by atoms with E-state index in [0.29, 0.717) is 6.42 Å². The molecule has 14 heavy (non-hydrogen) atoms. The molecule has 0 heterocycles. The minimum Gasteiger partial charge on any atom is -0.481 e. The third-order valence-corrected chi connectivity index (χ3v) is 3.40. The Labute approximate surface area is 81.2 Å². The molecule has 4 heteroatoms. The van der Waals surface area contributed by atoms with E-state index in [9.17, 15) is 9.59 Å². The molecule has 2 aliphatic carbocycles. The summed E-state index contributed by atoms with van der Waals surface area (Å²) in [6.45, 7) is 0. The maximum Gasteiger partial charge on any atom is 0.310 e. The van der Waals surface area contributed by atoms with Crippen LogP contribution < -0.4 is 0 Å². The Bertz CT molecular complexity index is 320. The highest BCUT2D eigenvalue weighted by Gasteiger charge is 2.54. The van der Waals surface area contributed by atoms with Crippen molar-refractivity contribution in [2.24, 2.45) is 17.3 Å². The smallest absolute Gasteiger partial charge is 0.310 e. The zero-order chi connectivity index (χ0) is 10.3. The molecule has 1 unspecified atom stereocenters. The third kappa shape index (κ3) is 1.14. The topological polar surface area (TPSA) is 74.6 Å². The minimum absolute atomic E-state index is 0.0823. The maximum absolute atomic E-state index is 11.2. The summed E-state index contributed by atoms with van der Waals surface area (Å²) in [5, 5.41) is 17.9. The van der Waals surface area contributed by atoms with Gasteiger partial charge in [-0.15, -0.1) is 0 Å². The highest BCUT2D eigenvalue weighted by Crippen LogP contribution is 2.54. The molecular weight excluding hydrogens is 184 g/mol. The van der Waals surface area contributed by atoms with Crippen LogP contribution in [0, 0.1) is 17.3 Å². The Morgan fingerprint density at radius 3 is 2.43 bits per heavy atom. The maximum atomic E-state index is 11.2. The Balaban J connectivity index is 2.29. The second-order valence-electron chi connectivity index (χ2n) is 4.22. The zero-order valence-corrected chi connectivity index (χ0v) is 7.64. The normalized spacial score (nSPS) is 38.9. The van der Waals surface area contributed by atoms with Crippen molar-refractivity contribution in [1.29, 1.82) is 0 Å². The molecule has 2 rings (SSSR count). The number of fused-ring (bicyclic) bond motifs is 2. The summed E-state index contributed by atoms with van der Waals surface area (Å²) in [6, 6.07) is 0. The van der Waals surface area contributed by atoms with E-state index in [2.05, 4.69) is 0 Å². The van der Waals surface area contributed by atoms with E-state index in [-0.39, 0.29) is 18.3 Å². The number of carboxylic acid groups (broad SMARTS) is 2. The number of aliphatic carboxylic acids is 2. The number of hydrogen-bond donors (Lipinski definition) is 2. The van der Waals surface area contributed by atoms with Crippen LogP contribution in [0.15, 0.2) is 12.2 Å². The molecule has 0 aliphatic heterocycles. The van der Waals surface area contributed by atoms with E-state index >= 15 is 0 Å². The first-order valence-corrected chi connectivity index (χ1v) is 4.68. The van der Waals surface area contributed by atoms with Crippen molar-refractivity contribution in [3.63, 3.8) is 0 Å². The van der Waals surface area contributed by atoms with Gasteiger partial charge in [-0.2, -0.15) is 0 Å². The van der Waals surface area contributed by atoms with Gasteiger partial charge in [0.25, 0.3) is 0 Å².